The molecule has 2 heterocycles. The summed E-state index contributed by atoms with van der Waals surface area (Å²) in [6, 6.07) is 3.53. The van der Waals surface area contributed by atoms with E-state index in [1.807, 2.05) is 0 Å². The summed E-state index contributed by atoms with van der Waals surface area (Å²) in [6.45, 7) is 2.27. The van der Waals surface area contributed by atoms with Crippen LogP contribution >= 0.6 is 27.3 Å². The maximum Gasteiger partial charge on any atom is 0.334 e. The van der Waals surface area contributed by atoms with Gasteiger partial charge >= 0.3 is 5.97 Å². The van der Waals surface area contributed by atoms with Crippen molar-refractivity contribution in [1.29, 1.82) is 0 Å². The number of carboxylic acid groups (broad SMARTS) is 1. The van der Waals surface area contributed by atoms with E-state index in [9.17, 15) is 9.59 Å². The minimum atomic E-state index is -1.04. The number of thiophene rings is 1. The van der Waals surface area contributed by atoms with Crippen LogP contribution in [0, 0.1) is 0 Å². The average Bonchev–Trinajstić information content (AvgIpc) is 2.74. The maximum atomic E-state index is 12.2. The Morgan fingerprint density at radius 3 is 2.78 bits per heavy atom. The number of hydrogen-bond donors (Lipinski definition) is 1. The van der Waals surface area contributed by atoms with Crippen LogP contribution in [0.5, 0.6) is 0 Å². The summed E-state index contributed by atoms with van der Waals surface area (Å²) in [4.78, 5) is 25.3. The normalized spacial score (nSPS) is 24.0. The highest BCUT2D eigenvalue weighted by Crippen LogP contribution is 2.24. The molecule has 1 aromatic rings. The lowest BCUT2D eigenvalue weighted by atomic mass is 10.2. The summed E-state index contributed by atoms with van der Waals surface area (Å²) in [5.41, 5.74) is 0. The molecule has 0 aliphatic carbocycles. The van der Waals surface area contributed by atoms with E-state index in [4.69, 9.17) is 9.84 Å². The van der Waals surface area contributed by atoms with Crippen LogP contribution in [0.2, 0.25) is 0 Å². The third kappa shape index (κ3) is 2.90. The largest absolute Gasteiger partial charge is 0.479 e. The first-order valence-electron chi connectivity index (χ1n) is 5.40. The molecule has 7 heteroatoms. The molecule has 2 rings (SSSR count). The third-order valence-corrected chi connectivity index (χ3v) is 4.22. The number of carbonyl (C=O) groups excluding carboxylic acids is 1. The number of morpholine rings is 1. The van der Waals surface area contributed by atoms with Crippen LogP contribution in [-0.2, 0) is 9.53 Å². The van der Waals surface area contributed by atoms with Crippen molar-refractivity contribution >= 4 is 39.1 Å². The Balaban J connectivity index is 2.12. The Hall–Kier alpha value is -0.920. The summed E-state index contributed by atoms with van der Waals surface area (Å²) < 4.78 is 6.15. The number of amides is 1. The summed E-state index contributed by atoms with van der Waals surface area (Å²) in [5.74, 6) is -1.18. The van der Waals surface area contributed by atoms with Crippen LogP contribution in [0.3, 0.4) is 0 Å². The van der Waals surface area contributed by atoms with Crippen molar-refractivity contribution in [2.75, 3.05) is 13.1 Å². The number of aliphatic carboxylic acids is 1. The van der Waals surface area contributed by atoms with Crippen LogP contribution in [0.15, 0.2) is 15.9 Å². The van der Waals surface area contributed by atoms with Crippen molar-refractivity contribution in [1.82, 2.24) is 4.90 Å². The summed E-state index contributed by atoms with van der Waals surface area (Å²) in [5, 5.41) is 8.96. The zero-order valence-corrected chi connectivity index (χ0v) is 12.0. The molecular formula is C11H12BrNO4S. The van der Waals surface area contributed by atoms with Crippen LogP contribution in [0.1, 0.15) is 16.6 Å². The van der Waals surface area contributed by atoms with E-state index < -0.39 is 12.1 Å². The molecule has 1 unspecified atom stereocenters. The Morgan fingerprint density at radius 2 is 2.22 bits per heavy atom. The summed E-state index contributed by atoms with van der Waals surface area (Å²) >= 11 is 4.64. The predicted octanol–water partition coefficient (Wildman–Crippen LogP) is 1.82. The van der Waals surface area contributed by atoms with Crippen LogP contribution in [-0.4, -0.2) is 47.2 Å². The average molecular weight is 334 g/mol. The molecule has 1 amide bonds. The molecular weight excluding hydrogens is 322 g/mol. The first-order valence-corrected chi connectivity index (χ1v) is 7.01. The standard InChI is InChI=1S/C11H12BrNO4S/c1-6-4-13(5-7(17-6)11(15)16)10(14)8-2-3-9(12)18-8/h2-3,6-7H,4-5H2,1H3,(H,15,16)/t6-,7?/m1/s1. The predicted molar refractivity (Wildman–Crippen MR) is 69.9 cm³/mol. The second-order valence-electron chi connectivity index (χ2n) is 4.09. The van der Waals surface area contributed by atoms with Crippen LogP contribution < -0.4 is 0 Å². The Bertz CT molecular complexity index is 475. The molecule has 1 aliphatic heterocycles. The molecule has 1 fully saturated rings. The zero-order chi connectivity index (χ0) is 13.3. The first kappa shape index (κ1) is 13.5. The zero-order valence-electron chi connectivity index (χ0n) is 9.63. The third-order valence-electron chi connectivity index (χ3n) is 2.61. The second-order valence-corrected chi connectivity index (χ2v) is 6.55. The van der Waals surface area contributed by atoms with Crippen molar-refractivity contribution < 1.29 is 19.4 Å². The number of ether oxygens (including phenoxy) is 1. The molecule has 0 saturated carbocycles. The van der Waals surface area contributed by atoms with Crippen molar-refractivity contribution in [3.8, 4) is 0 Å². The molecule has 2 atom stereocenters. The van der Waals surface area contributed by atoms with Gasteiger partial charge in [0, 0.05) is 6.54 Å². The molecule has 98 valence electrons. The lowest BCUT2D eigenvalue weighted by Crippen LogP contribution is -2.51. The fourth-order valence-corrected chi connectivity index (χ4v) is 3.19. The number of halogens is 1. The van der Waals surface area contributed by atoms with Crippen molar-refractivity contribution in [3.05, 3.63) is 20.8 Å². The van der Waals surface area contributed by atoms with E-state index in [0.29, 0.717) is 11.4 Å². The second kappa shape index (κ2) is 5.38. The Morgan fingerprint density at radius 1 is 1.50 bits per heavy atom. The van der Waals surface area contributed by atoms with Crippen molar-refractivity contribution in [2.45, 2.75) is 19.1 Å². The number of carbonyl (C=O) groups is 2. The lowest BCUT2D eigenvalue weighted by Gasteiger charge is -2.34. The molecule has 0 radical (unpaired) electrons. The van der Waals surface area contributed by atoms with Gasteiger partial charge in [0.15, 0.2) is 6.10 Å². The quantitative estimate of drug-likeness (QED) is 0.896. The number of carboxylic acids is 1. The minimum absolute atomic E-state index is 0.0913. The van der Waals surface area contributed by atoms with Crippen molar-refractivity contribution in [2.24, 2.45) is 0 Å². The van der Waals surface area contributed by atoms with E-state index in [0.717, 1.165) is 3.79 Å². The van der Waals surface area contributed by atoms with Gasteiger partial charge in [-0.15, -0.1) is 11.3 Å². The molecule has 5 nitrogen and oxygen atoms in total. The van der Waals surface area contributed by atoms with Crippen molar-refractivity contribution in [3.63, 3.8) is 0 Å². The maximum absolute atomic E-state index is 12.2. The SMILES string of the molecule is C[C@@H]1CN(C(=O)c2ccc(Br)s2)CC(C(=O)O)O1. The molecule has 1 N–H and O–H groups in total. The van der Waals surface area contributed by atoms with Gasteiger partial charge in [0.2, 0.25) is 0 Å². The highest BCUT2D eigenvalue weighted by atomic mass is 79.9. The monoisotopic (exact) mass is 333 g/mol. The van der Waals surface area contributed by atoms with E-state index >= 15 is 0 Å². The molecule has 0 spiro atoms. The van der Waals surface area contributed by atoms with Gasteiger partial charge in [-0.25, -0.2) is 4.79 Å². The highest BCUT2D eigenvalue weighted by Gasteiger charge is 2.33. The van der Waals surface area contributed by atoms with E-state index in [2.05, 4.69) is 15.9 Å². The highest BCUT2D eigenvalue weighted by molar-refractivity contribution is 9.11. The topological polar surface area (TPSA) is 66.8 Å². The number of rotatable bonds is 2. The summed E-state index contributed by atoms with van der Waals surface area (Å²) in [7, 11) is 0. The van der Waals surface area contributed by atoms with Gasteiger partial charge in [0.1, 0.15) is 0 Å². The van der Waals surface area contributed by atoms with E-state index in [1.54, 1.807) is 19.1 Å². The van der Waals surface area contributed by atoms with Gasteiger partial charge in [-0.2, -0.15) is 0 Å². The van der Waals surface area contributed by atoms with Crippen LogP contribution in [0.25, 0.3) is 0 Å². The smallest absolute Gasteiger partial charge is 0.334 e. The molecule has 1 aliphatic rings. The van der Waals surface area contributed by atoms with Gasteiger partial charge in [0.05, 0.1) is 21.3 Å². The van der Waals surface area contributed by atoms with Crippen LogP contribution in [0.4, 0.5) is 0 Å². The van der Waals surface area contributed by atoms with Gasteiger partial charge in [-0.05, 0) is 35.0 Å². The fourth-order valence-electron chi connectivity index (χ4n) is 1.84. The first-order chi connectivity index (χ1) is 8.47. The van der Waals surface area contributed by atoms with Gasteiger partial charge < -0.3 is 14.7 Å². The molecule has 1 aromatic heterocycles. The number of hydrogen-bond acceptors (Lipinski definition) is 4. The molecule has 18 heavy (non-hydrogen) atoms. The summed E-state index contributed by atoms with van der Waals surface area (Å²) in [6.07, 6.45) is -1.21. The van der Waals surface area contributed by atoms with E-state index in [1.165, 1.54) is 16.2 Å². The van der Waals surface area contributed by atoms with Gasteiger partial charge in [-0.3, -0.25) is 4.79 Å². The molecule has 1 saturated heterocycles. The van der Waals surface area contributed by atoms with Gasteiger partial charge in [-0.1, -0.05) is 0 Å². The Labute approximate surface area is 116 Å². The van der Waals surface area contributed by atoms with Gasteiger partial charge in [0.25, 0.3) is 5.91 Å². The molecule has 0 bridgehead atoms. The van der Waals surface area contributed by atoms with E-state index in [-0.39, 0.29) is 18.6 Å². The Kier molecular flexibility index (Phi) is 4.04. The minimum Gasteiger partial charge on any atom is -0.479 e. The molecule has 0 aromatic carbocycles. The fraction of sp³-hybridized carbons (Fsp3) is 0.455. The lowest BCUT2D eigenvalue weighted by molar-refractivity contribution is -0.160. The number of nitrogens with zero attached hydrogens (tertiary/aromatic N) is 1.